The van der Waals surface area contributed by atoms with Crippen molar-refractivity contribution in [2.75, 3.05) is 0 Å². The van der Waals surface area contributed by atoms with Crippen molar-refractivity contribution in [2.24, 2.45) is 0 Å². The Labute approximate surface area is 85.2 Å². The van der Waals surface area contributed by atoms with Gasteiger partial charge in [0.1, 0.15) is 4.64 Å². The van der Waals surface area contributed by atoms with E-state index in [1.165, 1.54) is 0 Å². The van der Waals surface area contributed by atoms with Crippen molar-refractivity contribution in [3.63, 3.8) is 0 Å². The molecule has 1 N–H and O–H groups in total. The van der Waals surface area contributed by atoms with Gasteiger partial charge in [0.05, 0.1) is 0 Å². The fraction of sp³-hybridized carbons (Fsp3) is 0.222. The molecule has 4 nitrogen and oxygen atoms in total. The van der Waals surface area contributed by atoms with Gasteiger partial charge in [0.15, 0.2) is 0 Å². The van der Waals surface area contributed by atoms with Gasteiger partial charge in [-0.1, -0.05) is 12.2 Å². The molecule has 0 fully saturated rings. The molecular formula is C9H9N3OS. The molecule has 5 heteroatoms. The predicted molar refractivity (Wildman–Crippen MR) is 56.1 cm³/mol. The van der Waals surface area contributed by atoms with Crippen molar-refractivity contribution in [3.05, 3.63) is 38.5 Å². The van der Waals surface area contributed by atoms with Gasteiger partial charge >= 0.3 is 0 Å². The average molecular weight is 207 g/mol. The van der Waals surface area contributed by atoms with Crippen molar-refractivity contribution in [1.82, 2.24) is 14.4 Å². The standard InChI is InChI=1S/C9H9N3OS/c1-5-3-12-4-6(2)8(14)11-9(12)10-7(5)13/h3-4H,1-2H3,(H,10,11,13,14). The van der Waals surface area contributed by atoms with E-state index in [-0.39, 0.29) is 5.56 Å². The third kappa shape index (κ3) is 1.35. The highest BCUT2D eigenvalue weighted by atomic mass is 32.1. The van der Waals surface area contributed by atoms with Crippen molar-refractivity contribution < 1.29 is 0 Å². The average Bonchev–Trinajstić information content (AvgIpc) is 2.11. The van der Waals surface area contributed by atoms with Crippen LogP contribution >= 0.6 is 12.2 Å². The number of nitrogens with zero attached hydrogens (tertiary/aromatic N) is 2. The minimum absolute atomic E-state index is 0.129. The molecule has 0 aromatic carbocycles. The Morgan fingerprint density at radius 3 is 2.71 bits per heavy atom. The lowest BCUT2D eigenvalue weighted by Crippen LogP contribution is -2.13. The summed E-state index contributed by atoms with van der Waals surface area (Å²) in [6.07, 6.45) is 3.59. The van der Waals surface area contributed by atoms with Gasteiger partial charge in [0.25, 0.3) is 5.56 Å². The monoisotopic (exact) mass is 207 g/mol. The maximum atomic E-state index is 11.3. The van der Waals surface area contributed by atoms with E-state index in [2.05, 4.69) is 9.97 Å². The Kier molecular flexibility index (Phi) is 1.96. The fourth-order valence-corrected chi connectivity index (χ4v) is 1.36. The summed E-state index contributed by atoms with van der Waals surface area (Å²) in [5.41, 5.74) is 1.44. The number of fused-ring (bicyclic) bond motifs is 1. The molecule has 2 rings (SSSR count). The molecule has 14 heavy (non-hydrogen) atoms. The van der Waals surface area contributed by atoms with Gasteiger partial charge in [0.2, 0.25) is 5.78 Å². The van der Waals surface area contributed by atoms with Crippen LogP contribution in [0.2, 0.25) is 0 Å². The van der Waals surface area contributed by atoms with E-state index in [1.807, 2.05) is 13.1 Å². The normalized spacial score (nSPS) is 10.7. The maximum absolute atomic E-state index is 11.3. The first-order valence-electron chi connectivity index (χ1n) is 4.17. The van der Waals surface area contributed by atoms with Crippen LogP contribution in [0.5, 0.6) is 0 Å². The Bertz CT molecular complexity index is 561. The number of H-pyrrole nitrogens is 1. The molecule has 2 heterocycles. The topological polar surface area (TPSA) is 50.2 Å². The van der Waals surface area contributed by atoms with Crippen molar-refractivity contribution in [3.8, 4) is 0 Å². The SMILES string of the molecule is Cc1cn2cc(C)c(=O)[nH]c2nc1=S. The first kappa shape index (κ1) is 9.08. The third-order valence-corrected chi connectivity index (χ3v) is 2.45. The molecule has 0 aliphatic rings. The molecule has 2 aromatic rings. The maximum Gasteiger partial charge on any atom is 0.255 e. The van der Waals surface area contributed by atoms with Crippen molar-refractivity contribution >= 4 is 18.0 Å². The first-order valence-corrected chi connectivity index (χ1v) is 4.58. The van der Waals surface area contributed by atoms with Crippen LogP contribution in [0.4, 0.5) is 0 Å². The smallest absolute Gasteiger partial charge is 0.255 e. The van der Waals surface area contributed by atoms with Gasteiger partial charge in [-0.15, -0.1) is 0 Å². The van der Waals surface area contributed by atoms with Gasteiger partial charge in [-0.2, -0.15) is 0 Å². The Balaban J connectivity index is 2.97. The molecule has 0 aliphatic carbocycles. The predicted octanol–water partition coefficient (Wildman–Crippen LogP) is 1.37. The van der Waals surface area contributed by atoms with Crippen LogP contribution in [0.3, 0.4) is 0 Å². The van der Waals surface area contributed by atoms with E-state index in [0.29, 0.717) is 16.0 Å². The van der Waals surface area contributed by atoms with Crippen molar-refractivity contribution in [2.45, 2.75) is 13.8 Å². The van der Waals surface area contributed by atoms with Crippen LogP contribution in [0, 0.1) is 18.5 Å². The van der Waals surface area contributed by atoms with Crippen LogP contribution in [0.15, 0.2) is 17.2 Å². The molecule has 2 aromatic heterocycles. The van der Waals surface area contributed by atoms with E-state index in [4.69, 9.17) is 12.2 Å². The first-order chi connectivity index (χ1) is 6.58. The molecule has 0 saturated heterocycles. The second kappa shape index (κ2) is 3.02. The van der Waals surface area contributed by atoms with Crippen molar-refractivity contribution in [1.29, 1.82) is 0 Å². The summed E-state index contributed by atoms with van der Waals surface area (Å²) in [5, 5.41) is 0. The lowest BCUT2D eigenvalue weighted by molar-refractivity contribution is 0.975. The zero-order valence-corrected chi connectivity index (χ0v) is 8.68. The van der Waals surface area contributed by atoms with Crippen LogP contribution in [0.1, 0.15) is 11.1 Å². The number of rotatable bonds is 0. The molecule has 0 bridgehead atoms. The van der Waals surface area contributed by atoms with Crippen LogP contribution in [0.25, 0.3) is 5.78 Å². The molecule has 0 amide bonds. The van der Waals surface area contributed by atoms with Crippen LogP contribution < -0.4 is 5.56 Å². The fourth-order valence-electron chi connectivity index (χ4n) is 1.23. The largest absolute Gasteiger partial charge is 0.293 e. The molecular weight excluding hydrogens is 198 g/mol. The molecule has 0 spiro atoms. The highest BCUT2D eigenvalue weighted by Gasteiger charge is 1.99. The summed E-state index contributed by atoms with van der Waals surface area (Å²) >= 11 is 5.01. The zero-order valence-electron chi connectivity index (χ0n) is 7.87. The lowest BCUT2D eigenvalue weighted by Gasteiger charge is -2.02. The van der Waals surface area contributed by atoms with E-state index in [9.17, 15) is 4.79 Å². The molecule has 0 radical (unpaired) electrons. The molecule has 0 atom stereocenters. The molecule has 0 aliphatic heterocycles. The lowest BCUT2D eigenvalue weighted by atomic mass is 10.3. The van der Waals surface area contributed by atoms with Crippen LogP contribution in [-0.4, -0.2) is 14.4 Å². The van der Waals surface area contributed by atoms with Gasteiger partial charge < -0.3 is 0 Å². The minimum atomic E-state index is -0.129. The van der Waals surface area contributed by atoms with Gasteiger partial charge in [-0.3, -0.25) is 14.2 Å². The van der Waals surface area contributed by atoms with Gasteiger partial charge in [0, 0.05) is 23.5 Å². The summed E-state index contributed by atoms with van der Waals surface area (Å²) in [6.45, 7) is 3.64. The second-order valence-electron chi connectivity index (χ2n) is 3.23. The summed E-state index contributed by atoms with van der Waals surface area (Å²) in [7, 11) is 0. The number of aryl methyl sites for hydroxylation is 2. The number of aromatic amines is 1. The number of aromatic nitrogens is 3. The molecule has 72 valence electrons. The van der Waals surface area contributed by atoms with Gasteiger partial charge in [-0.05, 0) is 13.8 Å². The number of hydrogen-bond donors (Lipinski definition) is 1. The van der Waals surface area contributed by atoms with Crippen LogP contribution in [-0.2, 0) is 0 Å². The highest BCUT2D eigenvalue weighted by Crippen LogP contribution is 2.01. The summed E-state index contributed by atoms with van der Waals surface area (Å²) in [6, 6.07) is 0. The quantitative estimate of drug-likeness (QED) is 0.664. The second-order valence-corrected chi connectivity index (χ2v) is 3.61. The van der Waals surface area contributed by atoms with E-state index < -0.39 is 0 Å². The van der Waals surface area contributed by atoms with E-state index >= 15 is 0 Å². The molecule has 0 saturated carbocycles. The summed E-state index contributed by atoms with van der Waals surface area (Å²) in [5.74, 6) is 0.483. The van der Waals surface area contributed by atoms with Gasteiger partial charge in [-0.25, -0.2) is 4.98 Å². The minimum Gasteiger partial charge on any atom is -0.293 e. The highest BCUT2D eigenvalue weighted by molar-refractivity contribution is 7.71. The number of nitrogens with one attached hydrogen (secondary N) is 1. The third-order valence-electron chi connectivity index (χ3n) is 2.04. The Morgan fingerprint density at radius 1 is 1.36 bits per heavy atom. The Hall–Kier alpha value is -1.49. The zero-order chi connectivity index (χ0) is 10.3. The number of hydrogen-bond acceptors (Lipinski definition) is 3. The Morgan fingerprint density at radius 2 is 2.00 bits per heavy atom. The van der Waals surface area contributed by atoms with E-state index in [1.54, 1.807) is 17.5 Å². The molecule has 0 unspecified atom stereocenters. The van der Waals surface area contributed by atoms with E-state index in [0.717, 1.165) is 5.56 Å². The summed E-state index contributed by atoms with van der Waals surface area (Å²) < 4.78 is 2.28. The summed E-state index contributed by atoms with van der Waals surface area (Å²) in [4.78, 5) is 18.0.